The lowest BCUT2D eigenvalue weighted by molar-refractivity contribution is -0.120. The molecule has 6 heteroatoms. The first-order valence-electron chi connectivity index (χ1n) is 7.09. The Morgan fingerprint density at radius 1 is 1.22 bits per heavy atom. The highest BCUT2D eigenvalue weighted by Crippen LogP contribution is 2.34. The maximum Gasteiger partial charge on any atom is 0.265 e. The molecular formula is C17H16N2O4. The Balaban J connectivity index is 1.95. The molecule has 0 unspecified atom stereocenters. The Morgan fingerprint density at radius 3 is 2.61 bits per heavy atom. The van der Waals surface area contributed by atoms with Gasteiger partial charge >= 0.3 is 0 Å². The van der Waals surface area contributed by atoms with Gasteiger partial charge in [-0.15, -0.1) is 0 Å². The minimum absolute atomic E-state index is 0.0784. The van der Waals surface area contributed by atoms with Gasteiger partial charge in [-0.1, -0.05) is 12.1 Å². The van der Waals surface area contributed by atoms with Gasteiger partial charge in [0.05, 0.1) is 13.7 Å². The molecule has 2 amide bonds. The van der Waals surface area contributed by atoms with E-state index in [9.17, 15) is 9.59 Å². The number of ether oxygens (including phenoxy) is 2. The molecule has 6 nitrogen and oxygen atoms in total. The number of rotatable bonds is 3. The summed E-state index contributed by atoms with van der Waals surface area (Å²) >= 11 is 0. The van der Waals surface area contributed by atoms with Crippen LogP contribution in [0.3, 0.4) is 0 Å². The molecule has 1 heterocycles. The van der Waals surface area contributed by atoms with Crippen LogP contribution in [0, 0.1) is 0 Å². The zero-order valence-corrected chi connectivity index (χ0v) is 12.6. The molecule has 1 aliphatic rings. The first kappa shape index (κ1) is 14.9. The molecule has 0 saturated heterocycles. The van der Waals surface area contributed by atoms with Crippen LogP contribution in [0.4, 0.5) is 5.69 Å². The van der Waals surface area contributed by atoms with Gasteiger partial charge in [-0.25, -0.2) is 0 Å². The number of benzene rings is 2. The molecule has 0 atom stereocenters. The van der Waals surface area contributed by atoms with E-state index < -0.39 is 5.91 Å². The summed E-state index contributed by atoms with van der Waals surface area (Å²) in [7, 11) is 1.56. The SMILES string of the molecule is COc1cccc2c1OCC(=O)N(c1ccc(C(N)=O)cc1)C2. The van der Waals surface area contributed by atoms with E-state index >= 15 is 0 Å². The van der Waals surface area contributed by atoms with Crippen molar-refractivity contribution in [2.24, 2.45) is 5.73 Å². The number of carbonyl (C=O) groups is 2. The van der Waals surface area contributed by atoms with E-state index in [-0.39, 0.29) is 12.5 Å². The Kier molecular flexibility index (Phi) is 3.89. The lowest BCUT2D eigenvalue weighted by atomic mass is 10.1. The highest BCUT2D eigenvalue weighted by Gasteiger charge is 2.25. The van der Waals surface area contributed by atoms with Crippen LogP contribution in [0.2, 0.25) is 0 Å². The average molecular weight is 312 g/mol. The van der Waals surface area contributed by atoms with Gasteiger partial charge < -0.3 is 20.1 Å². The van der Waals surface area contributed by atoms with Crippen molar-refractivity contribution >= 4 is 17.5 Å². The molecule has 3 rings (SSSR count). The highest BCUT2D eigenvalue weighted by molar-refractivity contribution is 5.97. The van der Waals surface area contributed by atoms with Crippen LogP contribution in [0.15, 0.2) is 42.5 Å². The molecule has 2 aromatic carbocycles. The summed E-state index contributed by atoms with van der Waals surface area (Å²) in [4.78, 5) is 25.1. The Morgan fingerprint density at radius 2 is 1.96 bits per heavy atom. The predicted molar refractivity (Wildman–Crippen MR) is 84.6 cm³/mol. The van der Waals surface area contributed by atoms with E-state index in [1.54, 1.807) is 42.3 Å². The third-order valence-electron chi connectivity index (χ3n) is 3.71. The minimum Gasteiger partial charge on any atom is -0.493 e. The number of primary amides is 1. The third-order valence-corrected chi connectivity index (χ3v) is 3.71. The van der Waals surface area contributed by atoms with Crippen LogP contribution >= 0.6 is 0 Å². The minimum atomic E-state index is -0.503. The van der Waals surface area contributed by atoms with Crippen molar-refractivity contribution in [2.75, 3.05) is 18.6 Å². The van der Waals surface area contributed by atoms with Crippen molar-refractivity contribution in [1.29, 1.82) is 0 Å². The number of nitrogens with zero attached hydrogens (tertiary/aromatic N) is 1. The average Bonchev–Trinajstić information content (AvgIpc) is 2.74. The molecule has 2 N–H and O–H groups in total. The van der Waals surface area contributed by atoms with Crippen molar-refractivity contribution in [3.05, 3.63) is 53.6 Å². The monoisotopic (exact) mass is 312 g/mol. The van der Waals surface area contributed by atoms with E-state index in [0.29, 0.717) is 29.3 Å². The number of para-hydroxylation sites is 1. The summed E-state index contributed by atoms with van der Waals surface area (Å²) in [6, 6.07) is 12.1. The highest BCUT2D eigenvalue weighted by atomic mass is 16.5. The molecule has 0 bridgehead atoms. The number of nitrogens with two attached hydrogens (primary N) is 1. The lowest BCUT2D eigenvalue weighted by Gasteiger charge is -2.20. The number of amides is 2. The van der Waals surface area contributed by atoms with E-state index in [1.807, 2.05) is 12.1 Å². The van der Waals surface area contributed by atoms with E-state index in [2.05, 4.69) is 0 Å². The number of carbonyl (C=O) groups excluding carboxylic acids is 2. The second kappa shape index (κ2) is 6.00. The van der Waals surface area contributed by atoms with Crippen LogP contribution in [-0.4, -0.2) is 25.5 Å². The zero-order chi connectivity index (χ0) is 16.4. The maximum absolute atomic E-state index is 12.4. The quantitative estimate of drug-likeness (QED) is 0.935. The fraction of sp³-hybridized carbons (Fsp3) is 0.176. The fourth-order valence-electron chi connectivity index (χ4n) is 2.52. The molecule has 118 valence electrons. The third kappa shape index (κ3) is 2.83. The van der Waals surface area contributed by atoms with Gasteiger partial charge in [0.15, 0.2) is 18.1 Å². The van der Waals surface area contributed by atoms with Crippen molar-refractivity contribution in [2.45, 2.75) is 6.54 Å². The lowest BCUT2D eigenvalue weighted by Crippen LogP contribution is -2.32. The Bertz CT molecular complexity index is 756. The molecule has 0 spiro atoms. The summed E-state index contributed by atoms with van der Waals surface area (Å²) < 4.78 is 10.9. The van der Waals surface area contributed by atoms with Crippen LogP contribution in [0.25, 0.3) is 0 Å². The Hall–Kier alpha value is -3.02. The number of methoxy groups -OCH3 is 1. The van der Waals surface area contributed by atoms with Gasteiger partial charge in [-0.05, 0) is 30.3 Å². The summed E-state index contributed by atoms with van der Waals surface area (Å²) in [5.41, 5.74) is 7.17. The number of fused-ring (bicyclic) bond motifs is 1. The summed E-state index contributed by atoms with van der Waals surface area (Å²) in [6.07, 6.45) is 0. The smallest absolute Gasteiger partial charge is 0.265 e. The summed E-state index contributed by atoms with van der Waals surface area (Å²) in [6.45, 7) is 0.284. The van der Waals surface area contributed by atoms with Crippen LogP contribution < -0.4 is 20.1 Å². The van der Waals surface area contributed by atoms with Crippen molar-refractivity contribution in [1.82, 2.24) is 0 Å². The zero-order valence-electron chi connectivity index (χ0n) is 12.6. The van der Waals surface area contributed by atoms with Crippen LogP contribution in [-0.2, 0) is 11.3 Å². The molecule has 0 fully saturated rings. The van der Waals surface area contributed by atoms with E-state index in [1.165, 1.54) is 0 Å². The van der Waals surface area contributed by atoms with Gasteiger partial charge in [0, 0.05) is 16.8 Å². The van der Waals surface area contributed by atoms with Gasteiger partial charge in [0.25, 0.3) is 5.91 Å². The van der Waals surface area contributed by atoms with Gasteiger partial charge in [0.2, 0.25) is 5.91 Å². The number of anilines is 1. The second-order valence-electron chi connectivity index (χ2n) is 5.13. The molecule has 0 aromatic heterocycles. The molecule has 0 aliphatic carbocycles. The fourth-order valence-corrected chi connectivity index (χ4v) is 2.52. The van der Waals surface area contributed by atoms with Crippen LogP contribution in [0.1, 0.15) is 15.9 Å². The summed E-state index contributed by atoms with van der Waals surface area (Å²) in [5, 5.41) is 0. The number of hydrogen-bond acceptors (Lipinski definition) is 4. The molecule has 2 aromatic rings. The number of hydrogen-bond donors (Lipinski definition) is 1. The largest absolute Gasteiger partial charge is 0.493 e. The van der Waals surface area contributed by atoms with Gasteiger partial charge in [-0.2, -0.15) is 0 Å². The van der Waals surface area contributed by atoms with Crippen LogP contribution in [0.5, 0.6) is 11.5 Å². The first-order chi connectivity index (χ1) is 11.1. The maximum atomic E-state index is 12.4. The normalized spacial score (nSPS) is 13.8. The summed E-state index contributed by atoms with van der Waals surface area (Å²) in [5.74, 6) is 0.507. The molecule has 1 aliphatic heterocycles. The van der Waals surface area contributed by atoms with Crippen molar-refractivity contribution in [3.63, 3.8) is 0 Å². The van der Waals surface area contributed by atoms with Crippen molar-refractivity contribution in [3.8, 4) is 11.5 Å². The molecule has 0 saturated carbocycles. The predicted octanol–water partition coefficient (Wildman–Crippen LogP) is 1.72. The molecular weight excluding hydrogens is 296 g/mol. The Labute approximate surface area is 133 Å². The second-order valence-corrected chi connectivity index (χ2v) is 5.13. The topological polar surface area (TPSA) is 81.9 Å². The van der Waals surface area contributed by atoms with Crippen molar-refractivity contribution < 1.29 is 19.1 Å². The first-order valence-corrected chi connectivity index (χ1v) is 7.09. The van der Waals surface area contributed by atoms with E-state index in [0.717, 1.165) is 5.56 Å². The molecule has 0 radical (unpaired) electrons. The van der Waals surface area contributed by atoms with Gasteiger partial charge in [-0.3, -0.25) is 9.59 Å². The van der Waals surface area contributed by atoms with E-state index in [4.69, 9.17) is 15.2 Å². The standard InChI is InChI=1S/C17H16N2O4/c1-22-14-4-2-3-12-9-19(15(20)10-23-16(12)14)13-7-5-11(6-8-13)17(18)21/h2-8H,9-10H2,1H3,(H2,18,21). The van der Waals surface area contributed by atoms with Gasteiger partial charge in [0.1, 0.15) is 0 Å². The molecule has 23 heavy (non-hydrogen) atoms.